The van der Waals surface area contributed by atoms with E-state index in [0.29, 0.717) is 32.0 Å². The van der Waals surface area contributed by atoms with Crippen molar-refractivity contribution in [1.82, 2.24) is 9.80 Å². The molecular weight excluding hydrogens is 452 g/mol. The lowest BCUT2D eigenvalue weighted by molar-refractivity contribution is -0.158. The minimum Gasteiger partial charge on any atom is -0.389 e. The Hall–Kier alpha value is -2.84. The molecule has 2 amide bonds. The largest absolute Gasteiger partial charge is 0.389 e. The molecule has 0 spiro atoms. The summed E-state index contributed by atoms with van der Waals surface area (Å²) >= 11 is 0. The van der Waals surface area contributed by atoms with Crippen molar-refractivity contribution >= 4 is 11.8 Å². The van der Waals surface area contributed by atoms with Gasteiger partial charge in [-0.3, -0.25) is 9.59 Å². The van der Waals surface area contributed by atoms with Crippen LogP contribution in [0.5, 0.6) is 0 Å². The van der Waals surface area contributed by atoms with Crippen molar-refractivity contribution in [3.63, 3.8) is 0 Å². The van der Waals surface area contributed by atoms with Crippen molar-refractivity contribution in [2.45, 2.75) is 63.3 Å². The van der Waals surface area contributed by atoms with Gasteiger partial charge in [0.1, 0.15) is 17.7 Å². The third-order valence-corrected chi connectivity index (χ3v) is 7.14. The molecule has 1 saturated heterocycles. The molecule has 1 unspecified atom stereocenters. The molecule has 4 rings (SSSR count). The second-order valence-corrected chi connectivity index (χ2v) is 9.77. The number of rotatable bonds is 8. The summed E-state index contributed by atoms with van der Waals surface area (Å²) in [6, 6.07) is 10.4. The van der Waals surface area contributed by atoms with Gasteiger partial charge >= 0.3 is 0 Å². The van der Waals surface area contributed by atoms with E-state index in [1.807, 2.05) is 30.3 Å². The van der Waals surface area contributed by atoms with Gasteiger partial charge in [0, 0.05) is 38.2 Å². The molecule has 2 aromatic carbocycles. The summed E-state index contributed by atoms with van der Waals surface area (Å²) in [5.41, 5.74) is 7.49. The molecule has 1 heterocycles. The van der Waals surface area contributed by atoms with Gasteiger partial charge in [-0.15, -0.1) is 0 Å². The Balaban J connectivity index is 1.54. The number of aliphatic hydroxyl groups is 1. The van der Waals surface area contributed by atoms with Crippen LogP contribution >= 0.6 is 0 Å². The first-order valence-corrected chi connectivity index (χ1v) is 12.3. The summed E-state index contributed by atoms with van der Waals surface area (Å²) in [7, 11) is 0. The second kappa shape index (κ2) is 11.3. The van der Waals surface area contributed by atoms with Crippen LogP contribution in [0.15, 0.2) is 48.5 Å². The molecule has 3 atom stereocenters. The van der Waals surface area contributed by atoms with Crippen LogP contribution in [0, 0.1) is 17.6 Å². The zero-order valence-corrected chi connectivity index (χ0v) is 19.8. The number of piperazine rings is 1. The molecule has 0 aromatic heterocycles. The standard InChI is InChI=1S/C27H33F2N3O3/c28-21-12-20(13-22(29)16-21)14-23(30)26(34)25-27(35)31(17-19-8-2-1-3-9-19)10-11-32(25)24(33)15-18-6-4-5-7-18/h1-3,8-9,12-13,16,18,23,25-26,34H,4-7,10-11,14-15,17,30H2/t23-,25?,26-/m0/s1. The third kappa shape index (κ3) is 6.24. The Kier molecular flexibility index (Phi) is 8.13. The number of halogens is 2. The summed E-state index contributed by atoms with van der Waals surface area (Å²) < 4.78 is 27.3. The third-order valence-electron chi connectivity index (χ3n) is 7.14. The van der Waals surface area contributed by atoms with E-state index in [2.05, 4.69) is 0 Å². The second-order valence-electron chi connectivity index (χ2n) is 9.77. The topological polar surface area (TPSA) is 86.9 Å². The van der Waals surface area contributed by atoms with Crippen LogP contribution in [0.3, 0.4) is 0 Å². The molecule has 8 heteroatoms. The predicted molar refractivity (Wildman–Crippen MR) is 128 cm³/mol. The smallest absolute Gasteiger partial charge is 0.248 e. The van der Waals surface area contributed by atoms with Gasteiger partial charge in [0.25, 0.3) is 0 Å². The van der Waals surface area contributed by atoms with Crippen LogP contribution in [0.25, 0.3) is 0 Å². The first kappa shape index (κ1) is 25.3. The Morgan fingerprint density at radius 1 is 1.03 bits per heavy atom. The first-order valence-electron chi connectivity index (χ1n) is 12.3. The molecule has 1 saturated carbocycles. The van der Waals surface area contributed by atoms with Gasteiger partial charge < -0.3 is 20.6 Å². The number of benzene rings is 2. The molecule has 1 aliphatic carbocycles. The minimum absolute atomic E-state index is 0.0387. The number of hydrogen-bond acceptors (Lipinski definition) is 4. The quantitative estimate of drug-likeness (QED) is 0.602. The van der Waals surface area contributed by atoms with Crippen molar-refractivity contribution in [1.29, 1.82) is 0 Å². The molecular formula is C27H33F2N3O3. The zero-order chi connectivity index (χ0) is 24.9. The summed E-state index contributed by atoms with van der Waals surface area (Å²) in [5, 5.41) is 11.2. The highest BCUT2D eigenvalue weighted by Crippen LogP contribution is 2.29. The number of hydrogen-bond donors (Lipinski definition) is 2. The average molecular weight is 486 g/mol. The van der Waals surface area contributed by atoms with Gasteiger partial charge in [-0.05, 0) is 48.4 Å². The van der Waals surface area contributed by atoms with Gasteiger partial charge in [-0.25, -0.2) is 8.78 Å². The summed E-state index contributed by atoms with van der Waals surface area (Å²) in [4.78, 5) is 29.9. The van der Waals surface area contributed by atoms with E-state index in [0.717, 1.165) is 49.4 Å². The van der Waals surface area contributed by atoms with Gasteiger partial charge in [-0.2, -0.15) is 0 Å². The number of nitrogens with zero attached hydrogens (tertiary/aromatic N) is 2. The van der Waals surface area contributed by atoms with E-state index < -0.39 is 29.8 Å². The van der Waals surface area contributed by atoms with E-state index >= 15 is 0 Å². The molecule has 6 nitrogen and oxygen atoms in total. The van der Waals surface area contributed by atoms with Crippen molar-refractivity contribution in [3.8, 4) is 0 Å². The Bertz CT molecular complexity index is 1010. The van der Waals surface area contributed by atoms with Crippen molar-refractivity contribution < 1.29 is 23.5 Å². The number of carbonyl (C=O) groups is 2. The number of nitrogens with two attached hydrogens (primary N) is 1. The van der Waals surface area contributed by atoms with Crippen molar-refractivity contribution in [2.24, 2.45) is 11.7 Å². The van der Waals surface area contributed by atoms with Crippen LogP contribution in [0.2, 0.25) is 0 Å². The maximum absolute atomic E-state index is 13.7. The molecule has 2 aliphatic rings. The van der Waals surface area contributed by atoms with Crippen LogP contribution < -0.4 is 5.73 Å². The van der Waals surface area contributed by atoms with Crippen LogP contribution in [-0.2, 0) is 22.6 Å². The monoisotopic (exact) mass is 485 g/mol. The van der Waals surface area contributed by atoms with Gasteiger partial charge in [-0.1, -0.05) is 43.2 Å². The summed E-state index contributed by atoms with van der Waals surface area (Å²) in [6.07, 6.45) is 3.10. The maximum atomic E-state index is 13.7. The number of amides is 2. The average Bonchev–Trinajstić information content (AvgIpc) is 3.32. The fraction of sp³-hybridized carbons (Fsp3) is 0.481. The molecule has 2 aromatic rings. The van der Waals surface area contributed by atoms with Crippen molar-refractivity contribution in [2.75, 3.05) is 13.1 Å². The zero-order valence-electron chi connectivity index (χ0n) is 19.8. The van der Waals surface area contributed by atoms with Crippen LogP contribution in [0.4, 0.5) is 8.78 Å². The lowest BCUT2D eigenvalue weighted by Crippen LogP contribution is -2.65. The Morgan fingerprint density at radius 2 is 1.69 bits per heavy atom. The van der Waals surface area contributed by atoms with E-state index in [9.17, 15) is 23.5 Å². The number of carbonyl (C=O) groups excluding carboxylic acids is 2. The first-order chi connectivity index (χ1) is 16.8. The molecule has 0 bridgehead atoms. The minimum atomic E-state index is -1.39. The number of aliphatic hydroxyl groups excluding tert-OH is 1. The highest BCUT2D eigenvalue weighted by atomic mass is 19.1. The van der Waals surface area contributed by atoms with Crippen LogP contribution in [0.1, 0.15) is 43.2 Å². The SMILES string of the molecule is N[C@@H](Cc1cc(F)cc(F)c1)[C@H](O)C1C(=O)N(Cc2ccccc2)CCN1C(=O)CC1CCCC1. The Morgan fingerprint density at radius 3 is 2.34 bits per heavy atom. The lowest BCUT2D eigenvalue weighted by atomic mass is 9.92. The molecule has 35 heavy (non-hydrogen) atoms. The molecule has 3 N–H and O–H groups in total. The fourth-order valence-electron chi connectivity index (χ4n) is 5.30. The summed E-state index contributed by atoms with van der Waals surface area (Å²) in [6.45, 7) is 1.02. The fourth-order valence-corrected chi connectivity index (χ4v) is 5.30. The van der Waals surface area contributed by atoms with E-state index in [-0.39, 0.29) is 23.8 Å². The summed E-state index contributed by atoms with van der Waals surface area (Å²) in [5.74, 6) is -1.71. The van der Waals surface area contributed by atoms with E-state index in [1.165, 1.54) is 4.90 Å². The normalized spacial score (nSPS) is 20.8. The van der Waals surface area contributed by atoms with Crippen LogP contribution in [-0.4, -0.2) is 58.0 Å². The van der Waals surface area contributed by atoms with E-state index in [4.69, 9.17) is 5.73 Å². The highest BCUT2D eigenvalue weighted by molar-refractivity contribution is 5.89. The molecule has 1 aliphatic heterocycles. The maximum Gasteiger partial charge on any atom is 0.248 e. The van der Waals surface area contributed by atoms with Gasteiger partial charge in [0.15, 0.2) is 0 Å². The van der Waals surface area contributed by atoms with E-state index in [1.54, 1.807) is 4.90 Å². The molecule has 188 valence electrons. The van der Waals surface area contributed by atoms with Gasteiger partial charge in [0.05, 0.1) is 6.10 Å². The Labute approximate surface area is 204 Å². The highest BCUT2D eigenvalue weighted by Gasteiger charge is 2.44. The lowest BCUT2D eigenvalue weighted by Gasteiger charge is -2.44. The van der Waals surface area contributed by atoms with Crippen molar-refractivity contribution in [3.05, 3.63) is 71.3 Å². The molecule has 0 radical (unpaired) electrons. The molecule has 2 fully saturated rings. The predicted octanol–water partition coefficient (Wildman–Crippen LogP) is 3.02. The van der Waals surface area contributed by atoms with Gasteiger partial charge in [0.2, 0.25) is 11.8 Å².